The van der Waals surface area contributed by atoms with Crippen molar-refractivity contribution >= 4 is 11.6 Å². The first-order valence-electron chi connectivity index (χ1n) is 9.34. The number of hydrogen-bond donors (Lipinski definition) is 2. The lowest BCUT2D eigenvalue weighted by Gasteiger charge is -2.40. The van der Waals surface area contributed by atoms with Crippen molar-refractivity contribution in [2.75, 3.05) is 19.6 Å². The molecule has 1 heterocycles. The number of nitrogens with two attached hydrogens (primary N) is 1. The highest BCUT2D eigenvalue weighted by Crippen LogP contribution is 2.41. The van der Waals surface area contributed by atoms with Crippen LogP contribution >= 0.6 is 11.6 Å². The highest BCUT2D eigenvalue weighted by Gasteiger charge is 2.35. The van der Waals surface area contributed by atoms with E-state index in [2.05, 4.69) is 27.0 Å². The minimum atomic E-state index is 0.114. The van der Waals surface area contributed by atoms with Gasteiger partial charge in [-0.15, -0.1) is 0 Å². The van der Waals surface area contributed by atoms with Crippen molar-refractivity contribution in [3.8, 4) is 0 Å². The maximum atomic E-state index is 6.19. The first-order valence-corrected chi connectivity index (χ1v) is 9.72. The molecule has 0 radical (unpaired) electrons. The predicted octanol–water partition coefficient (Wildman–Crippen LogP) is 3.60. The third-order valence-electron chi connectivity index (χ3n) is 5.65. The smallest absolute Gasteiger partial charge is 0.0945 e. The van der Waals surface area contributed by atoms with Gasteiger partial charge in [0.05, 0.1) is 6.33 Å². The van der Waals surface area contributed by atoms with Gasteiger partial charge in [-0.1, -0.05) is 23.7 Å². The van der Waals surface area contributed by atoms with Crippen LogP contribution in [-0.4, -0.2) is 29.2 Å². The minimum absolute atomic E-state index is 0.114. The topological polar surface area (TPSA) is 55.9 Å². The molecule has 0 bridgehead atoms. The van der Waals surface area contributed by atoms with Crippen LogP contribution in [0.4, 0.5) is 0 Å². The van der Waals surface area contributed by atoms with Gasteiger partial charge in [-0.05, 0) is 68.8 Å². The van der Waals surface area contributed by atoms with Gasteiger partial charge in [0, 0.05) is 35.9 Å². The van der Waals surface area contributed by atoms with E-state index in [1.165, 1.54) is 18.4 Å². The van der Waals surface area contributed by atoms with E-state index in [0.717, 1.165) is 49.8 Å². The summed E-state index contributed by atoms with van der Waals surface area (Å²) < 4.78 is 2.13. The number of nitrogens with one attached hydrogen (secondary N) is 1. The van der Waals surface area contributed by atoms with Crippen LogP contribution in [0.2, 0.25) is 5.02 Å². The van der Waals surface area contributed by atoms with Gasteiger partial charge in [-0.3, -0.25) is 0 Å². The van der Waals surface area contributed by atoms with E-state index in [9.17, 15) is 0 Å². The van der Waals surface area contributed by atoms with Gasteiger partial charge in [-0.2, -0.15) is 0 Å². The van der Waals surface area contributed by atoms with Gasteiger partial charge in [0.25, 0.3) is 0 Å². The Morgan fingerprint density at radius 3 is 2.84 bits per heavy atom. The fraction of sp³-hybridized carbons (Fsp3) is 0.550. The van der Waals surface area contributed by atoms with Crippen LogP contribution < -0.4 is 11.1 Å². The second-order valence-corrected chi connectivity index (χ2v) is 7.73. The van der Waals surface area contributed by atoms with Gasteiger partial charge < -0.3 is 15.6 Å². The fourth-order valence-corrected chi connectivity index (χ4v) is 4.17. The van der Waals surface area contributed by atoms with Gasteiger partial charge in [0.1, 0.15) is 0 Å². The molecule has 2 aromatic rings. The molecule has 1 aromatic carbocycles. The number of nitrogens with zero attached hydrogens (tertiary/aromatic N) is 2. The largest absolute Gasteiger partial charge is 0.337 e. The van der Waals surface area contributed by atoms with Gasteiger partial charge in [0.15, 0.2) is 0 Å². The van der Waals surface area contributed by atoms with Crippen LogP contribution in [0.1, 0.15) is 37.7 Å². The summed E-state index contributed by atoms with van der Waals surface area (Å²) in [6, 6.07) is 8.27. The van der Waals surface area contributed by atoms with Gasteiger partial charge in [-0.25, -0.2) is 4.98 Å². The lowest BCUT2D eigenvalue weighted by atomic mass is 9.66. The molecule has 1 aliphatic rings. The average Bonchev–Trinajstić information content (AvgIpc) is 3.15. The standard InChI is InChI=1S/C20H29ClN4/c21-19-4-1-3-18(13-19)20(15-22)7-5-17(6-8-20)14-23-9-2-11-25-12-10-24-16-25/h1,3-4,10,12-13,16-17,23H,2,5-9,11,14-15,22H2. The fourth-order valence-electron chi connectivity index (χ4n) is 3.98. The second kappa shape index (κ2) is 8.84. The zero-order valence-corrected chi connectivity index (χ0v) is 15.6. The van der Waals surface area contributed by atoms with Crippen molar-refractivity contribution in [1.82, 2.24) is 14.9 Å². The van der Waals surface area contributed by atoms with Crippen LogP contribution in [0.3, 0.4) is 0 Å². The van der Waals surface area contributed by atoms with E-state index in [1.807, 2.05) is 30.9 Å². The van der Waals surface area contributed by atoms with Crippen molar-refractivity contribution in [3.05, 3.63) is 53.6 Å². The molecule has 0 saturated heterocycles. The number of aromatic nitrogens is 2. The van der Waals surface area contributed by atoms with Crippen molar-refractivity contribution in [2.45, 2.75) is 44.1 Å². The summed E-state index contributed by atoms with van der Waals surface area (Å²) in [6.07, 6.45) is 11.6. The van der Waals surface area contributed by atoms with E-state index in [-0.39, 0.29) is 5.41 Å². The Labute approximate surface area is 155 Å². The molecule has 1 saturated carbocycles. The Bertz CT molecular complexity index is 633. The summed E-state index contributed by atoms with van der Waals surface area (Å²) >= 11 is 6.19. The molecular formula is C20H29ClN4. The lowest BCUT2D eigenvalue weighted by Crippen LogP contribution is -2.40. The molecule has 136 valence electrons. The van der Waals surface area contributed by atoms with Crippen molar-refractivity contribution in [1.29, 1.82) is 0 Å². The summed E-state index contributed by atoms with van der Waals surface area (Å²) in [4.78, 5) is 4.07. The zero-order valence-electron chi connectivity index (χ0n) is 14.8. The SMILES string of the molecule is NCC1(c2cccc(Cl)c2)CCC(CNCCCn2ccnc2)CC1. The third-order valence-corrected chi connectivity index (χ3v) is 5.89. The molecule has 3 N–H and O–H groups in total. The predicted molar refractivity (Wildman–Crippen MR) is 104 cm³/mol. The summed E-state index contributed by atoms with van der Waals surface area (Å²) in [5, 5.41) is 4.44. The molecule has 0 unspecified atom stereocenters. The minimum Gasteiger partial charge on any atom is -0.337 e. The Balaban J connectivity index is 1.41. The first-order chi connectivity index (χ1) is 12.2. The lowest BCUT2D eigenvalue weighted by molar-refractivity contribution is 0.231. The zero-order chi connectivity index (χ0) is 17.5. The monoisotopic (exact) mass is 360 g/mol. The molecule has 25 heavy (non-hydrogen) atoms. The van der Waals surface area contributed by atoms with Crippen LogP contribution in [0, 0.1) is 5.92 Å². The molecule has 0 amide bonds. The van der Waals surface area contributed by atoms with E-state index in [4.69, 9.17) is 17.3 Å². The first kappa shape index (κ1) is 18.4. The molecule has 1 aliphatic carbocycles. The number of halogens is 1. The normalized spacial score (nSPS) is 23.7. The Kier molecular flexibility index (Phi) is 6.51. The van der Waals surface area contributed by atoms with E-state index < -0.39 is 0 Å². The molecule has 0 spiro atoms. The molecule has 0 aliphatic heterocycles. The number of benzene rings is 1. The molecule has 1 fully saturated rings. The second-order valence-electron chi connectivity index (χ2n) is 7.30. The van der Waals surface area contributed by atoms with Crippen molar-refractivity contribution < 1.29 is 0 Å². The number of hydrogen-bond acceptors (Lipinski definition) is 3. The summed E-state index contributed by atoms with van der Waals surface area (Å²) in [7, 11) is 0. The van der Waals surface area contributed by atoms with Crippen LogP contribution in [0.25, 0.3) is 0 Å². The Morgan fingerprint density at radius 1 is 1.32 bits per heavy atom. The maximum Gasteiger partial charge on any atom is 0.0945 e. The van der Waals surface area contributed by atoms with Crippen LogP contribution in [-0.2, 0) is 12.0 Å². The number of imidazole rings is 1. The van der Waals surface area contributed by atoms with Crippen LogP contribution in [0.15, 0.2) is 43.0 Å². The molecule has 0 atom stereocenters. The maximum absolute atomic E-state index is 6.19. The van der Waals surface area contributed by atoms with Crippen LogP contribution in [0.5, 0.6) is 0 Å². The Hall–Kier alpha value is -1.36. The number of aryl methyl sites for hydroxylation is 1. The summed E-state index contributed by atoms with van der Waals surface area (Å²) in [5.41, 5.74) is 7.61. The number of rotatable bonds is 8. The molecule has 1 aromatic heterocycles. The van der Waals surface area contributed by atoms with Crippen molar-refractivity contribution in [3.63, 3.8) is 0 Å². The van der Waals surface area contributed by atoms with E-state index >= 15 is 0 Å². The Morgan fingerprint density at radius 2 is 2.16 bits per heavy atom. The third kappa shape index (κ3) is 4.84. The quantitative estimate of drug-likeness (QED) is 0.707. The molecule has 4 nitrogen and oxygen atoms in total. The summed E-state index contributed by atoms with van der Waals surface area (Å²) in [6.45, 7) is 3.91. The molecule has 5 heteroatoms. The van der Waals surface area contributed by atoms with Gasteiger partial charge >= 0.3 is 0 Å². The highest BCUT2D eigenvalue weighted by atomic mass is 35.5. The van der Waals surface area contributed by atoms with Gasteiger partial charge in [0.2, 0.25) is 0 Å². The average molecular weight is 361 g/mol. The molecular weight excluding hydrogens is 332 g/mol. The molecule has 3 rings (SSSR count). The van der Waals surface area contributed by atoms with E-state index in [1.54, 1.807) is 0 Å². The van der Waals surface area contributed by atoms with E-state index in [0.29, 0.717) is 6.54 Å². The summed E-state index contributed by atoms with van der Waals surface area (Å²) in [5.74, 6) is 0.757. The highest BCUT2D eigenvalue weighted by molar-refractivity contribution is 6.30. The van der Waals surface area contributed by atoms with Crippen molar-refractivity contribution in [2.24, 2.45) is 11.7 Å².